The van der Waals surface area contributed by atoms with Crippen LogP contribution in [0.2, 0.25) is 0 Å². The summed E-state index contributed by atoms with van der Waals surface area (Å²) in [5, 5.41) is 7.74. The Morgan fingerprint density at radius 1 is 1.07 bits per heavy atom. The largest absolute Gasteiger partial charge is 0.423 e. The zero-order chi connectivity index (χ0) is 12.0. The molecule has 0 atom stereocenters. The number of aliphatic hydroxyl groups excluding tert-OH is 1. The minimum absolute atomic E-state index is 1.64. The molecule has 0 spiro atoms. The predicted octanol–water partition coefficient (Wildman–Crippen LogP) is 1.26. The second kappa shape index (κ2) is 5.81. The van der Waals surface area contributed by atoms with Crippen molar-refractivity contribution in [3.8, 4) is 0 Å². The highest BCUT2D eigenvalue weighted by Gasteiger charge is 2.57. The lowest BCUT2D eigenvalue weighted by Gasteiger charge is -2.21. The number of carbonyl (C=O) groups is 1. The molecule has 0 bridgehead atoms. The van der Waals surface area contributed by atoms with Crippen LogP contribution in [-0.2, 0) is 9.53 Å². The Balaban J connectivity index is 0. The lowest BCUT2D eigenvalue weighted by molar-refractivity contribution is -0.332. The van der Waals surface area contributed by atoms with Crippen molar-refractivity contribution in [2.45, 2.75) is 18.5 Å². The molecule has 0 unspecified atom stereocenters. The zero-order valence-corrected chi connectivity index (χ0v) is 6.52. The molecule has 0 fully saturated rings. The van der Waals surface area contributed by atoms with E-state index in [1.165, 1.54) is 0 Å². The van der Waals surface area contributed by atoms with Gasteiger partial charge in [0.2, 0.25) is 0 Å². The second-order valence-corrected chi connectivity index (χ2v) is 1.76. The van der Waals surface area contributed by atoms with E-state index in [0.717, 1.165) is 0 Å². The molecule has 0 aromatic rings. The Labute approximate surface area is 74.3 Å². The van der Waals surface area contributed by atoms with E-state index in [1.807, 2.05) is 6.79 Å². The fourth-order valence-electron chi connectivity index (χ4n) is 0.449. The summed E-state index contributed by atoms with van der Waals surface area (Å²) in [7, 11) is 0. The van der Waals surface area contributed by atoms with Crippen molar-refractivity contribution < 1.29 is 41.0 Å². The van der Waals surface area contributed by atoms with Crippen molar-refractivity contribution in [2.75, 3.05) is 6.79 Å². The van der Waals surface area contributed by atoms with Gasteiger partial charge in [-0.3, -0.25) is 0 Å². The molecule has 0 aromatic carbocycles. The van der Waals surface area contributed by atoms with Crippen molar-refractivity contribution in [2.24, 2.45) is 0 Å². The van der Waals surface area contributed by atoms with Gasteiger partial charge >= 0.3 is 12.4 Å². The Morgan fingerprint density at radius 3 is 1.43 bits per heavy atom. The van der Waals surface area contributed by atoms with Gasteiger partial charge in [0.25, 0.3) is 6.10 Å². The van der Waals surface area contributed by atoms with Gasteiger partial charge in [-0.15, -0.1) is 0 Å². The SMILES string of the molecule is C=O.OCOC(C(F)(F)F)C(F)(F)F. The maximum atomic E-state index is 11.4. The number of halogens is 6. The van der Waals surface area contributed by atoms with Gasteiger partial charge < -0.3 is 14.6 Å². The number of carbonyl (C=O) groups excluding carboxylic acids is 1. The summed E-state index contributed by atoms with van der Waals surface area (Å²) in [5.41, 5.74) is 0. The third kappa shape index (κ3) is 5.75. The predicted molar refractivity (Wildman–Crippen MR) is 31.2 cm³/mol. The third-order valence-corrected chi connectivity index (χ3v) is 0.836. The molecule has 0 aliphatic rings. The minimum Gasteiger partial charge on any atom is -0.371 e. The summed E-state index contributed by atoms with van der Waals surface area (Å²) in [5.74, 6) is 0. The van der Waals surface area contributed by atoms with Gasteiger partial charge in [0.05, 0.1) is 0 Å². The Morgan fingerprint density at radius 2 is 1.36 bits per heavy atom. The molecular formula is C5H6F6O3. The number of hydrogen-bond donors (Lipinski definition) is 1. The molecule has 0 amide bonds. The molecule has 0 rings (SSSR count). The van der Waals surface area contributed by atoms with E-state index in [4.69, 9.17) is 9.90 Å². The standard InChI is InChI=1S/C4H4F6O2.CH2O/c5-3(6,7)2(12-1-11)4(8,9)10;1-2/h2,11H,1H2;1H2. The molecule has 0 aromatic heterocycles. The molecule has 0 heterocycles. The number of aliphatic hydroxyl groups is 1. The summed E-state index contributed by atoms with van der Waals surface area (Å²) in [6.07, 6.45) is -15.0. The van der Waals surface area contributed by atoms with Crippen molar-refractivity contribution >= 4 is 6.79 Å². The number of ether oxygens (including phenoxy) is 1. The van der Waals surface area contributed by atoms with Crippen LogP contribution in [0.3, 0.4) is 0 Å². The Kier molecular flexibility index (Phi) is 6.48. The first-order valence-electron chi connectivity index (χ1n) is 2.84. The van der Waals surface area contributed by atoms with Crippen LogP contribution in [0.25, 0.3) is 0 Å². The molecule has 86 valence electrons. The number of rotatable bonds is 2. The van der Waals surface area contributed by atoms with Crippen LogP contribution in [0.4, 0.5) is 26.3 Å². The average molecular weight is 228 g/mol. The highest BCUT2D eigenvalue weighted by Crippen LogP contribution is 2.35. The minimum atomic E-state index is -5.55. The smallest absolute Gasteiger partial charge is 0.371 e. The molecule has 0 saturated heterocycles. The quantitative estimate of drug-likeness (QED) is 0.571. The van der Waals surface area contributed by atoms with Crippen LogP contribution in [0, 0.1) is 0 Å². The fraction of sp³-hybridized carbons (Fsp3) is 0.800. The van der Waals surface area contributed by atoms with E-state index in [1.54, 1.807) is 0 Å². The van der Waals surface area contributed by atoms with Crippen molar-refractivity contribution in [1.82, 2.24) is 0 Å². The molecule has 9 heteroatoms. The van der Waals surface area contributed by atoms with Gasteiger partial charge in [-0.25, -0.2) is 0 Å². The topological polar surface area (TPSA) is 46.5 Å². The van der Waals surface area contributed by atoms with Gasteiger partial charge in [0.15, 0.2) is 0 Å². The van der Waals surface area contributed by atoms with Crippen molar-refractivity contribution in [3.63, 3.8) is 0 Å². The molecular weight excluding hydrogens is 222 g/mol. The van der Waals surface area contributed by atoms with Crippen LogP contribution in [-0.4, -0.2) is 37.1 Å². The molecule has 0 radical (unpaired) electrons. The maximum absolute atomic E-state index is 11.4. The monoisotopic (exact) mass is 228 g/mol. The Hall–Kier alpha value is -0.830. The van der Waals surface area contributed by atoms with E-state index in [2.05, 4.69) is 4.74 Å². The van der Waals surface area contributed by atoms with Crippen LogP contribution in [0.15, 0.2) is 0 Å². The zero-order valence-electron chi connectivity index (χ0n) is 6.52. The highest BCUT2D eigenvalue weighted by molar-refractivity contribution is 5.10. The third-order valence-electron chi connectivity index (χ3n) is 0.836. The molecule has 0 aliphatic carbocycles. The van der Waals surface area contributed by atoms with E-state index in [9.17, 15) is 26.3 Å². The summed E-state index contributed by atoms with van der Waals surface area (Å²) in [6, 6.07) is 0. The molecule has 0 aliphatic heterocycles. The number of hydrogen-bond acceptors (Lipinski definition) is 3. The average Bonchev–Trinajstić information content (AvgIpc) is 2.00. The maximum Gasteiger partial charge on any atom is 0.423 e. The van der Waals surface area contributed by atoms with Crippen LogP contribution in [0.1, 0.15) is 0 Å². The summed E-state index contributed by atoms with van der Waals surface area (Å²) in [6.45, 7) is 0.365. The molecule has 1 N–H and O–H groups in total. The van der Waals surface area contributed by atoms with Crippen LogP contribution >= 0.6 is 0 Å². The Bertz CT molecular complexity index is 139. The van der Waals surface area contributed by atoms with Gasteiger partial charge in [0, 0.05) is 0 Å². The van der Waals surface area contributed by atoms with E-state index < -0.39 is 25.2 Å². The van der Waals surface area contributed by atoms with Crippen LogP contribution < -0.4 is 0 Å². The van der Waals surface area contributed by atoms with Crippen LogP contribution in [0.5, 0.6) is 0 Å². The normalized spacial score (nSPS) is 12.3. The summed E-state index contributed by atoms with van der Waals surface area (Å²) >= 11 is 0. The van der Waals surface area contributed by atoms with Gasteiger partial charge in [-0.05, 0) is 0 Å². The summed E-state index contributed by atoms with van der Waals surface area (Å²) in [4.78, 5) is 8.00. The molecule has 14 heavy (non-hydrogen) atoms. The first kappa shape index (κ1) is 15.6. The number of alkyl halides is 6. The molecule has 3 nitrogen and oxygen atoms in total. The molecule has 0 saturated carbocycles. The lowest BCUT2D eigenvalue weighted by atomic mass is 10.3. The first-order valence-corrected chi connectivity index (χ1v) is 2.84. The highest BCUT2D eigenvalue weighted by atomic mass is 19.4. The van der Waals surface area contributed by atoms with Crippen molar-refractivity contribution in [1.29, 1.82) is 0 Å². The van der Waals surface area contributed by atoms with E-state index >= 15 is 0 Å². The van der Waals surface area contributed by atoms with Gasteiger partial charge in [-0.2, -0.15) is 26.3 Å². The summed E-state index contributed by atoms with van der Waals surface area (Å²) < 4.78 is 71.8. The first-order chi connectivity index (χ1) is 6.19. The fourth-order valence-corrected chi connectivity index (χ4v) is 0.449. The lowest BCUT2D eigenvalue weighted by Crippen LogP contribution is -2.44. The van der Waals surface area contributed by atoms with Crippen molar-refractivity contribution in [3.05, 3.63) is 0 Å². The van der Waals surface area contributed by atoms with Gasteiger partial charge in [-0.1, -0.05) is 0 Å². The second-order valence-electron chi connectivity index (χ2n) is 1.76. The van der Waals surface area contributed by atoms with E-state index in [0.29, 0.717) is 0 Å². The van der Waals surface area contributed by atoms with Gasteiger partial charge in [0.1, 0.15) is 13.6 Å². The van der Waals surface area contributed by atoms with E-state index in [-0.39, 0.29) is 0 Å².